The fourth-order valence-electron chi connectivity index (χ4n) is 8.30. The molecule has 0 radical (unpaired) electrons. The van der Waals surface area contributed by atoms with Crippen molar-refractivity contribution in [2.75, 3.05) is 13.2 Å². The first-order valence-corrected chi connectivity index (χ1v) is 11.3. The molecule has 1 aliphatic heterocycles. The average molecular weight is 377 g/mol. The molecule has 152 valence electrons. The number of carbonyl (C=O) groups excluding carboxylic acids is 1. The molecule has 0 amide bonds. The first-order valence-electron chi connectivity index (χ1n) is 11.3. The van der Waals surface area contributed by atoms with E-state index in [1.807, 2.05) is 0 Å². The highest BCUT2D eigenvalue weighted by Gasteiger charge is 2.62. The smallest absolute Gasteiger partial charge is 0.302 e. The largest absolute Gasteiger partial charge is 0.462 e. The van der Waals surface area contributed by atoms with Crippen LogP contribution >= 0.6 is 0 Å². The molecule has 4 nitrogen and oxygen atoms in total. The predicted octanol–water partition coefficient (Wildman–Crippen LogP) is 4.70. The van der Waals surface area contributed by atoms with E-state index in [4.69, 9.17) is 14.2 Å². The second kappa shape index (κ2) is 6.19. The molecule has 1 saturated heterocycles. The summed E-state index contributed by atoms with van der Waals surface area (Å²) in [7, 11) is 0. The first kappa shape index (κ1) is 18.4. The minimum atomic E-state index is -0.256. The Labute approximate surface area is 163 Å². The van der Waals surface area contributed by atoms with E-state index in [9.17, 15) is 4.79 Å². The maximum absolute atomic E-state index is 11.6. The van der Waals surface area contributed by atoms with Gasteiger partial charge in [-0.05, 0) is 74.0 Å². The van der Waals surface area contributed by atoms with Crippen molar-refractivity contribution in [1.29, 1.82) is 0 Å². The zero-order valence-electron chi connectivity index (χ0n) is 17.3. The van der Waals surface area contributed by atoms with Gasteiger partial charge >= 0.3 is 5.97 Å². The van der Waals surface area contributed by atoms with E-state index in [2.05, 4.69) is 13.8 Å². The standard InChI is InChI=1S/C23H36O4/c1-15(24)27-20-7-6-18-17-5-4-16-14-23(25-12-13-26-23)11-10-21(16,2)19(17)8-9-22(18,20)3/h16-20H,4-14H2,1-3H3/t16-,17-,18-,19-,20+,21-,22-/m0/s1. The molecular weight excluding hydrogens is 340 g/mol. The SMILES string of the molecule is CC(=O)O[C@@H]1CC[C@H]2[C@@H]3CC[C@H]4CC5(CC[C@]4(C)[C@H]3CC[C@]12C)OCCO5. The lowest BCUT2D eigenvalue weighted by molar-refractivity contribution is -0.230. The third-order valence-electron chi connectivity index (χ3n) is 9.70. The molecule has 0 aromatic rings. The molecule has 5 aliphatic rings. The Balaban J connectivity index is 1.37. The Bertz CT molecular complexity index is 611. The molecule has 0 aromatic carbocycles. The van der Waals surface area contributed by atoms with Crippen LogP contribution in [-0.4, -0.2) is 31.1 Å². The van der Waals surface area contributed by atoms with Gasteiger partial charge in [-0.25, -0.2) is 0 Å². The van der Waals surface area contributed by atoms with Gasteiger partial charge < -0.3 is 14.2 Å². The third kappa shape index (κ3) is 2.65. The second-order valence-corrected chi connectivity index (χ2v) is 10.7. The molecule has 27 heavy (non-hydrogen) atoms. The summed E-state index contributed by atoms with van der Waals surface area (Å²) in [6.07, 6.45) is 11.0. The van der Waals surface area contributed by atoms with Gasteiger partial charge in [-0.1, -0.05) is 13.8 Å². The number of carbonyl (C=O) groups is 1. The van der Waals surface area contributed by atoms with E-state index in [0.717, 1.165) is 56.1 Å². The van der Waals surface area contributed by atoms with Crippen molar-refractivity contribution in [3.05, 3.63) is 0 Å². The molecule has 1 heterocycles. The van der Waals surface area contributed by atoms with Crippen molar-refractivity contribution in [1.82, 2.24) is 0 Å². The Morgan fingerprint density at radius 3 is 2.37 bits per heavy atom. The summed E-state index contributed by atoms with van der Waals surface area (Å²) in [6.45, 7) is 8.11. The summed E-state index contributed by atoms with van der Waals surface area (Å²) < 4.78 is 17.9. The van der Waals surface area contributed by atoms with Crippen LogP contribution in [-0.2, 0) is 19.0 Å². The number of fused-ring (bicyclic) bond motifs is 5. The fraction of sp³-hybridized carbons (Fsp3) is 0.957. The molecule has 7 atom stereocenters. The lowest BCUT2D eigenvalue weighted by Gasteiger charge is -2.61. The van der Waals surface area contributed by atoms with Gasteiger partial charge in [0.2, 0.25) is 0 Å². The maximum Gasteiger partial charge on any atom is 0.302 e. The minimum absolute atomic E-state index is 0.103. The van der Waals surface area contributed by atoms with Gasteiger partial charge in [0.05, 0.1) is 13.2 Å². The van der Waals surface area contributed by atoms with E-state index in [1.165, 1.54) is 38.5 Å². The fourth-order valence-corrected chi connectivity index (χ4v) is 8.30. The Morgan fingerprint density at radius 1 is 0.889 bits per heavy atom. The van der Waals surface area contributed by atoms with Crippen LogP contribution in [0.4, 0.5) is 0 Å². The first-order chi connectivity index (χ1) is 12.9. The highest BCUT2D eigenvalue weighted by Crippen LogP contribution is 2.67. The van der Waals surface area contributed by atoms with Gasteiger partial charge in [0, 0.05) is 25.2 Å². The van der Waals surface area contributed by atoms with E-state index in [1.54, 1.807) is 6.92 Å². The van der Waals surface area contributed by atoms with Gasteiger partial charge in [0.15, 0.2) is 5.79 Å². The molecule has 0 N–H and O–H groups in total. The van der Waals surface area contributed by atoms with Crippen molar-refractivity contribution < 1.29 is 19.0 Å². The van der Waals surface area contributed by atoms with Gasteiger partial charge in [-0.2, -0.15) is 0 Å². The lowest BCUT2D eigenvalue weighted by Crippen LogP contribution is -2.56. The second-order valence-electron chi connectivity index (χ2n) is 10.7. The molecule has 5 fully saturated rings. The van der Waals surface area contributed by atoms with Gasteiger partial charge in [-0.3, -0.25) is 4.79 Å². The summed E-state index contributed by atoms with van der Waals surface area (Å²) in [5, 5.41) is 0. The molecular formula is C23H36O4. The van der Waals surface area contributed by atoms with E-state index in [0.29, 0.717) is 5.41 Å². The summed E-state index contributed by atoms with van der Waals surface area (Å²) in [5.74, 6) is 2.74. The summed E-state index contributed by atoms with van der Waals surface area (Å²) in [4.78, 5) is 11.6. The molecule has 4 heteroatoms. The highest BCUT2D eigenvalue weighted by atomic mass is 16.7. The summed E-state index contributed by atoms with van der Waals surface area (Å²) in [5.41, 5.74) is 0.633. The van der Waals surface area contributed by atoms with E-state index in [-0.39, 0.29) is 23.3 Å². The van der Waals surface area contributed by atoms with Crippen LogP contribution in [0.5, 0.6) is 0 Å². The van der Waals surface area contributed by atoms with Gasteiger partial charge in [0.25, 0.3) is 0 Å². The molecule has 0 unspecified atom stereocenters. The molecule has 5 rings (SSSR count). The molecule has 4 saturated carbocycles. The van der Waals surface area contributed by atoms with E-state index < -0.39 is 0 Å². The molecule has 0 aromatic heterocycles. The van der Waals surface area contributed by atoms with Crippen LogP contribution in [0.3, 0.4) is 0 Å². The minimum Gasteiger partial charge on any atom is -0.462 e. The maximum atomic E-state index is 11.6. The van der Waals surface area contributed by atoms with Crippen molar-refractivity contribution in [2.45, 2.75) is 90.4 Å². The van der Waals surface area contributed by atoms with Crippen LogP contribution in [0.25, 0.3) is 0 Å². The quantitative estimate of drug-likeness (QED) is 0.622. The van der Waals surface area contributed by atoms with Crippen LogP contribution in [0.1, 0.15) is 78.6 Å². The van der Waals surface area contributed by atoms with Crippen molar-refractivity contribution in [3.8, 4) is 0 Å². The number of hydrogen-bond donors (Lipinski definition) is 0. The lowest BCUT2D eigenvalue weighted by atomic mass is 9.45. The number of esters is 1. The molecule has 0 bridgehead atoms. The normalized spacial score (nSPS) is 50.7. The molecule has 4 aliphatic carbocycles. The Hall–Kier alpha value is -0.610. The van der Waals surface area contributed by atoms with Crippen molar-refractivity contribution in [3.63, 3.8) is 0 Å². The third-order valence-corrected chi connectivity index (χ3v) is 9.70. The topological polar surface area (TPSA) is 44.8 Å². The zero-order chi connectivity index (χ0) is 18.9. The highest BCUT2D eigenvalue weighted by molar-refractivity contribution is 5.66. The van der Waals surface area contributed by atoms with Crippen molar-refractivity contribution in [2.24, 2.45) is 34.5 Å². The van der Waals surface area contributed by atoms with Crippen LogP contribution in [0, 0.1) is 34.5 Å². The number of rotatable bonds is 1. The number of hydrogen-bond acceptors (Lipinski definition) is 4. The summed E-state index contributed by atoms with van der Waals surface area (Å²) >= 11 is 0. The molecule has 1 spiro atoms. The summed E-state index contributed by atoms with van der Waals surface area (Å²) in [6, 6.07) is 0. The predicted molar refractivity (Wildman–Crippen MR) is 102 cm³/mol. The van der Waals surface area contributed by atoms with Crippen LogP contribution in [0.15, 0.2) is 0 Å². The van der Waals surface area contributed by atoms with Gasteiger partial charge in [0.1, 0.15) is 6.10 Å². The Morgan fingerprint density at radius 2 is 1.63 bits per heavy atom. The van der Waals surface area contributed by atoms with Crippen molar-refractivity contribution >= 4 is 5.97 Å². The zero-order valence-corrected chi connectivity index (χ0v) is 17.3. The monoisotopic (exact) mass is 376 g/mol. The number of ether oxygens (including phenoxy) is 3. The Kier molecular flexibility index (Phi) is 4.22. The average Bonchev–Trinajstić information content (AvgIpc) is 3.21. The van der Waals surface area contributed by atoms with Gasteiger partial charge in [-0.15, -0.1) is 0 Å². The van der Waals surface area contributed by atoms with Crippen LogP contribution < -0.4 is 0 Å². The van der Waals surface area contributed by atoms with Crippen LogP contribution in [0.2, 0.25) is 0 Å². The van der Waals surface area contributed by atoms with E-state index >= 15 is 0 Å².